The van der Waals surface area contributed by atoms with Crippen LogP contribution in [0.5, 0.6) is 0 Å². The van der Waals surface area contributed by atoms with Crippen molar-refractivity contribution in [1.82, 2.24) is 10.1 Å². The van der Waals surface area contributed by atoms with Crippen molar-refractivity contribution < 1.29 is 13.7 Å². The summed E-state index contributed by atoms with van der Waals surface area (Å²) in [7, 11) is 0. The Balaban J connectivity index is 1.40. The normalized spacial score (nSPS) is 18.9. The van der Waals surface area contributed by atoms with Crippen LogP contribution in [0, 0.1) is 5.82 Å². The van der Waals surface area contributed by atoms with E-state index in [1.165, 1.54) is 23.6 Å². The summed E-state index contributed by atoms with van der Waals surface area (Å²) < 4.78 is 19.3. The number of halogens is 2. The fourth-order valence-electron chi connectivity index (χ4n) is 4.27. The lowest BCUT2D eigenvalue weighted by molar-refractivity contribution is -0.117. The standard InChI is InChI=1S/C22H19BrFN3O2/c23-17-10-14(8-9-18(17)24)21-25-22(29-26-21)15-11-20(28)27(12-15)19-7-3-5-13-4-1-2-6-16(13)19/h3,5,7-10,15H,1-2,4,6,11-12H2. The van der Waals surface area contributed by atoms with Crippen molar-refractivity contribution in [2.75, 3.05) is 11.4 Å². The molecule has 1 unspecified atom stereocenters. The van der Waals surface area contributed by atoms with E-state index in [0.29, 0.717) is 34.7 Å². The van der Waals surface area contributed by atoms with Crippen LogP contribution in [-0.2, 0) is 17.6 Å². The minimum atomic E-state index is -0.347. The Bertz CT molecular complexity index is 1100. The van der Waals surface area contributed by atoms with Gasteiger partial charge in [-0.05, 0) is 77.0 Å². The minimum absolute atomic E-state index is 0.0817. The fourth-order valence-corrected chi connectivity index (χ4v) is 4.65. The fraction of sp³-hybridized carbons (Fsp3) is 0.318. The molecule has 0 saturated carbocycles. The van der Waals surface area contributed by atoms with E-state index >= 15 is 0 Å². The van der Waals surface area contributed by atoms with Gasteiger partial charge in [0.15, 0.2) is 0 Å². The first-order chi connectivity index (χ1) is 14.1. The first-order valence-electron chi connectivity index (χ1n) is 9.80. The van der Waals surface area contributed by atoms with Crippen LogP contribution in [0.25, 0.3) is 11.4 Å². The van der Waals surface area contributed by atoms with Crippen LogP contribution in [0.1, 0.15) is 42.2 Å². The molecule has 148 valence electrons. The molecule has 5 rings (SSSR count). The molecule has 1 aromatic heterocycles. The summed E-state index contributed by atoms with van der Waals surface area (Å²) in [6.45, 7) is 0.532. The van der Waals surface area contributed by atoms with Crippen molar-refractivity contribution in [2.45, 2.75) is 38.0 Å². The first kappa shape index (κ1) is 18.5. The summed E-state index contributed by atoms with van der Waals surface area (Å²) in [5.41, 5.74) is 4.34. The van der Waals surface area contributed by atoms with Crippen LogP contribution in [0.4, 0.5) is 10.1 Å². The smallest absolute Gasteiger partial charge is 0.232 e. The number of aryl methyl sites for hydroxylation is 1. The second-order valence-corrected chi connectivity index (χ2v) is 8.47. The maximum absolute atomic E-state index is 13.5. The van der Waals surface area contributed by atoms with Gasteiger partial charge in [0, 0.05) is 24.2 Å². The average Bonchev–Trinajstić information content (AvgIpc) is 3.37. The third kappa shape index (κ3) is 3.37. The molecule has 29 heavy (non-hydrogen) atoms. The number of nitrogens with zero attached hydrogens (tertiary/aromatic N) is 3. The highest BCUT2D eigenvalue weighted by atomic mass is 79.9. The molecule has 0 bridgehead atoms. The van der Waals surface area contributed by atoms with Gasteiger partial charge in [-0.2, -0.15) is 4.98 Å². The van der Waals surface area contributed by atoms with Crippen molar-refractivity contribution in [1.29, 1.82) is 0 Å². The van der Waals surface area contributed by atoms with Crippen LogP contribution in [0.15, 0.2) is 45.4 Å². The lowest BCUT2D eigenvalue weighted by atomic mass is 9.90. The third-order valence-electron chi connectivity index (χ3n) is 5.76. The molecule has 1 amide bonds. The van der Waals surface area contributed by atoms with Crippen LogP contribution >= 0.6 is 15.9 Å². The quantitative estimate of drug-likeness (QED) is 0.555. The highest BCUT2D eigenvalue weighted by Crippen LogP contribution is 2.37. The maximum atomic E-state index is 13.5. The summed E-state index contributed by atoms with van der Waals surface area (Å²) in [4.78, 5) is 19.1. The van der Waals surface area contributed by atoms with Crippen LogP contribution < -0.4 is 4.90 Å². The zero-order chi connectivity index (χ0) is 20.0. The molecule has 3 aromatic rings. The number of fused-ring (bicyclic) bond motifs is 1. The third-order valence-corrected chi connectivity index (χ3v) is 6.36. The number of carbonyl (C=O) groups is 1. The van der Waals surface area contributed by atoms with Crippen molar-refractivity contribution in [3.8, 4) is 11.4 Å². The Kier molecular flexibility index (Phi) is 4.70. The van der Waals surface area contributed by atoms with E-state index in [4.69, 9.17) is 4.52 Å². The lowest BCUT2D eigenvalue weighted by Gasteiger charge is -2.25. The number of benzene rings is 2. The molecule has 2 aliphatic rings. The monoisotopic (exact) mass is 455 g/mol. The van der Waals surface area contributed by atoms with Crippen molar-refractivity contribution in [3.63, 3.8) is 0 Å². The van der Waals surface area contributed by atoms with E-state index in [2.05, 4.69) is 32.1 Å². The van der Waals surface area contributed by atoms with E-state index in [0.717, 1.165) is 24.9 Å². The van der Waals surface area contributed by atoms with Gasteiger partial charge in [0.1, 0.15) is 5.82 Å². The topological polar surface area (TPSA) is 59.2 Å². The molecule has 1 saturated heterocycles. The Hall–Kier alpha value is -2.54. The van der Waals surface area contributed by atoms with Gasteiger partial charge in [0.2, 0.25) is 17.6 Å². The predicted molar refractivity (Wildman–Crippen MR) is 110 cm³/mol. The first-order valence-corrected chi connectivity index (χ1v) is 10.6. The van der Waals surface area contributed by atoms with Gasteiger partial charge in [0.05, 0.1) is 10.4 Å². The van der Waals surface area contributed by atoms with Gasteiger partial charge in [-0.25, -0.2) is 4.39 Å². The van der Waals surface area contributed by atoms with Gasteiger partial charge in [-0.1, -0.05) is 17.3 Å². The van der Waals surface area contributed by atoms with Crippen LogP contribution in [0.2, 0.25) is 0 Å². The minimum Gasteiger partial charge on any atom is -0.339 e. The molecule has 1 aliphatic carbocycles. The second kappa shape index (κ2) is 7.37. The molecule has 2 heterocycles. The summed E-state index contributed by atoms with van der Waals surface area (Å²) in [5.74, 6) is 0.427. The molecule has 1 fully saturated rings. The molecular formula is C22H19BrFN3O2. The maximum Gasteiger partial charge on any atom is 0.232 e. The Morgan fingerprint density at radius 1 is 1.17 bits per heavy atom. The molecule has 0 radical (unpaired) electrons. The number of aromatic nitrogens is 2. The molecule has 0 spiro atoms. The highest BCUT2D eigenvalue weighted by Gasteiger charge is 2.36. The largest absolute Gasteiger partial charge is 0.339 e. The van der Waals surface area contributed by atoms with E-state index in [9.17, 15) is 9.18 Å². The SMILES string of the molecule is O=C1CC(c2nc(-c3ccc(F)c(Br)c3)no2)CN1c1cccc2c1CCCC2. The molecule has 1 aliphatic heterocycles. The van der Waals surface area contributed by atoms with Crippen LogP contribution in [-0.4, -0.2) is 22.6 Å². The second-order valence-electron chi connectivity index (χ2n) is 7.61. The van der Waals surface area contributed by atoms with Crippen molar-refractivity contribution in [3.05, 3.63) is 63.7 Å². The lowest BCUT2D eigenvalue weighted by Crippen LogP contribution is -2.26. The Morgan fingerprint density at radius 3 is 2.90 bits per heavy atom. The predicted octanol–water partition coefficient (Wildman–Crippen LogP) is 5.04. The van der Waals surface area contributed by atoms with E-state index in [1.54, 1.807) is 12.1 Å². The van der Waals surface area contributed by atoms with Gasteiger partial charge in [-0.15, -0.1) is 0 Å². The van der Waals surface area contributed by atoms with Gasteiger partial charge >= 0.3 is 0 Å². The molecule has 5 nitrogen and oxygen atoms in total. The van der Waals surface area contributed by atoms with E-state index in [1.807, 2.05) is 17.0 Å². The number of carbonyl (C=O) groups excluding carboxylic acids is 1. The van der Waals surface area contributed by atoms with E-state index < -0.39 is 0 Å². The number of hydrogen-bond acceptors (Lipinski definition) is 4. The summed E-state index contributed by atoms with van der Waals surface area (Å²) in [6, 6.07) is 10.8. The molecule has 7 heteroatoms. The number of rotatable bonds is 3. The number of anilines is 1. The van der Waals surface area contributed by atoms with Gasteiger partial charge < -0.3 is 9.42 Å². The Labute approximate surface area is 176 Å². The molecular weight excluding hydrogens is 437 g/mol. The zero-order valence-electron chi connectivity index (χ0n) is 15.7. The van der Waals surface area contributed by atoms with E-state index in [-0.39, 0.29) is 17.6 Å². The average molecular weight is 456 g/mol. The highest BCUT2D eigenvalue weighted by molar-refractivity contribution is 9.10. The molecule has 1 atom stereocenters. The summed E-state index contributed by atoms with van der Waals surface area (Å²) >= 11 is 3.18. The number of amides is 1. The Morgan fingerprint density at radius 2 is 2.03 bits per heavy atom. The van der Waals surface area contributed by atoms with Crippen molar-refractivity contribution >= 4 is 27.5 Å². The zero-order valence-corrected chi connectivity index (χ0v) is 17.3. The molecule has 0 N–H and O–H groups in total. The summed E-state index contributed by atoms with van der Waals surface area (Å²) in [5, 5.41) is 4.04. The number of hydrogen-bond donors (Lipinski definition) is 0. The van der Waals surface area contributed by atoms with Gasteiger partial charge in [0.25, 0.3) is 0 Å². The van der Waals surface area contributed by atoms with Gasteiger partial charge in [-0.3, -0.25) is 4.79 Å². The van der Waals surface area contributed by atoms with Crippen molar-refractivity contribution in [2.24, 2.45) is 0 Å². The van der Waals surface area contributed by atoms with Crippen LogP contribution in [0.3, 0.4) is 0 Å². The molecule has 2 aromatic carbocycles. The summed E-state index contributed by atoms with van der Waals surface area (Å²) in [6.07, 6.45) is 4.81.